The molecule has 130 valence electrons. The highest BCUT2D eigenvalue weighted by Gasteiger charge is 2.56. The summed E-state index contributed by atoms with van der Waals surface area (Å²) < 4.78 is 0. The van der Waals surface area contributed by atoms with Crippen molar-refractivity contribution in [2.75, 3.05) is 0 Å². The molecule has 6 unspecified atom stereocenters. The minimum absolute atomic E-state index is 0.0508. The first kappa shape index (κ1) is 17.2. The van der Waals surface area contributed by atoms with E-state index in [2.05, 4.69) is 33.8 Å². The number of aliphatic hydroxyl groups excluding tert-OH is 1. The first-order chi connectivity index (χ1) is 10.5. The van der Waals surface area contributed by atoms with Gasteiger partial charge < -0.3 is 10.2 Å². The van der Waals surface area contributed by atoms with E-state index in [-0.39, 0.29) is 22.5 Å². The predicted molar refractivity (Wildman–Crippen MR) is 90.8 cm³/mol. The summed E-state index contributed by atoms with van der Waals surface area (Å²) in [6.45, 7) is 10.7. The molecule has 2 N–H and O–H groups in total. The van der Waals surface area contributed by atoms with Crippen LogP contribution < -0.4 is 0 Å². The molecule has 0 radical (unpaired) electrons. The lowest BCUT2D eigenvalue weighted by atomic mass is 9.58. The van der Waals surface area contributed by atoms with E-state index in [4.69, 9.17) is 0 Å². The third kappa shape index (κ3) is 2.51. The van der Waals surface area contributed by atoms with Crippen LogP contribution in [0.1, 0.15) is 66.7 Å². The van der Waals surface area contributed by atoms with Crippen LogP contribution >= 0.6 is 0 Å². The van der Waals surface area contributed by atoms with Crippen molar-refractivity contribution in [3.63, 3.8) is 0 Å². The Bertz CT molecular complexity index is 547. The number of fused-ring (bicyclic) bond motifs is 2. The van der Waals surface area contributed by atoms with Crippen LogP contribution in [-0.2, 0) is 4.79 Å². The van der Waals surface area contributed by atoms with Crippen molar-refractivity contribution < 1.29 is 15.0 Å². The van der Waals surface area contributed by atoms with E-state index >= 15 is 0 Å². The second-order valence-corrected chi connectivity index (χ2v) is 9.53. The zero-order chi connectivity index (χ0) is 17.2. The van der Waals surface area contributed by atoms with Crippen molar-refractivity contribution in [1.82, 2.24) is 0 Å². The first-order valence-corrected chi connectivity index (χ1v) is 9.15. The van der Waals surface area contributed by atoms with Crippen molar-refractivity contribution in [2.45, 2.75) is 78.4 Å². The Morgan fingerprint density at radius 2 is 1.83 bits per heavy atom. The van der Waals surface area contributed by atoms with E-state index in [0.717, 1.165) is 18.4 Å². The van der Waals surface area contributed by atoms with E-state index in [1.54, 1.807) is 0 Å². The third-order valence-corrected chi connectivity index (χ3v) is 7.26. The summed E-state index contributed by atoms with van der Waals surface area (Å²) in [6, 6.07) is 0. The molecule has 0 heterocycles. The Balaban J connectivity index is 2.09. The van der Waals surface area contributed by atoms with Gasteiger partial charge in [0, 0.05) is 18.8 Å². The monoisotopic (exact) mass is 320 g/mol. The van der Waals surface area contributed by atoms with Crippen LogP contribution in [0.2, 0.25) is 0 Å². The van der Waals surface area contributed by atoms with Gasteiger partial charge in [0.25, 0.3) is 0 Å². The second kappa shape index (κ2) is 5.16. The summed E-state index contributed by atoms with van der Waals surface area (Å²) in [4.78, 5) is 12.7. The molecular formula is C20H32O3. The van der Waals surface area contributed by atoms with Gasteiger partial charge in [-0.1, -0.05) is 33.8 Å². The molecule has 3 aliphatic carbocycles. The number of ketones is 1. The van der Waals surface area contributed by atoms with Crippen LogP contribution in [0.15, 0.2) is 11.6 Å². The molecule has 0 bridgehead atoms. The Kier molecular flexibility index (Phi) is 3.85. The average Bonchev–Trinajstić information content (AvgIpc) is 2.56. The second-order valence-electron chi connectivity index (χ2n) is 9.53. The summed E-state index contributed by atoms with van der Waals surface area (Å²) in [7, 11) is 0. The highest BCUT2D eigenvalue weighted by Crippen LogP contribution is 2.60. The van der Waals surface area contributed by atoms with Crippen LogP contribution in [0, 0.1) is 28.6 Å². The van der Waals surface area contributed by atoms with Crippen LogP contribution in [0.25, 0.3) is 0 Å². The summed E-state index contributed by atoms with van der Waals surface area (Å²) >= 11 is 0. The highest BCUT2D eigenvalue weighted by molar-refractivity contribution is 5.99. The van der Waals surface area contributed by atoms with Crippen molar-refractivity contribution in [3.8, 4) is 0 Å². The number of hydrogen-bond donors (Lipinski definition) is 2. The van der Waals surface area contributed by atoms with E-state index in [1.807, 2.05) is 6.92 Å². The first-order valence-electron chi connectivity index (χ1n) is 9.15. The summed E-state index contributed by atoms with van der Waals surface area (Å²) in [5, 5.41) is 21.2. The van der Waals surface area contributed by atoms with Gasteiger partial charge in [0.15, 0.2) is 5.78 Å². The minimum atomic E-state index is -0.944. The summed E-state index contributed by atoms with van der Waals surface area (Å²) in [5.74, 6) is 1.09. The molecule has 0 aliphatic heterocycles. The van der Waals surface area contributed by atoms with Crippen molar-refractivity contribution in [1.29, 1.82) is 0 Å². The number of Topliss-reactive ketones (excluding diaryl/α,β-unsaturated/α-hetero) is 1. The Morgan fingerprint density at radius 3 is 2.43 bits per heavy atom. The van der Waals surface area contributed by atoms with Gasteiger partial charge in [0.05, 0.1) is 11.7 Å². The number of carbonyl (C=O) groups is 1. The van der Waals surface area contributed by atoms with Crippen molar-refractivity contribution >= 4 is 5.78 Å². The van der Waals surface area contributed by atoms with Crippen molar-refractivity contribution in [2.24, 2.45) is 28.6 Å². The fourth-order valence-corrected chi connectivity index (χ4v) is 6.07. The molecule has 0 spiro atoms. The molecule has 2 saturated carbocycles. The lowest BCUT2D eigenvalue weighted by Gasteiger charge is -2.50. The number of rotatable bonds is 1. The number of aliphatic hydroxyl groups is 2. The Hall–Kier alpha value is -0.670. The largest absolute Gasteiger partial charge is 0.393 e. The van der Waals surface area contributed by atoms with Gasteiger partial charge in [-0.2, -0.15) is 0 Å². The standard InChI is InChI=1S/C20H32O3/c1-12(2)14-8-16(22)15-9-17-18(3,6-7-19(14,15)4)10-13(21)11-20(17,5)23/h9,12-14,17,21,23H,6-8,10-11H2,1-5H3. The Labute approximate surface area is 140 Å². The van der Waals surface area contributed by atoms with Gasteiger partial charge in [0.1, 0.15) is 0 Å². The molecule has 3 nitrogen and oxygen atoms in total. The minimum Gasteiger partial charge on any atom is -0.393 e. The molecular weight excluding hydrogens is 288 g/mol. The molecule has 0 saturated heterocycles. The lowest BCUT2D eigenvalue weighted by molar-refractivity contribution is -0.120. The SMILES string of the molecule is CC(C)C1CC(=O)C2=CC3C(C)(O)CC(O)CC3(C)CCC21C. The van der Waals surface area contributed by atoms with E-state index in [1.165, 1.54) is 0 Å². The zero-order valence-corrected chi connectivity index (χ0v) is 15.2. The number of allylic oxidation sites excluding steroid dienone is 1. The molecule has 6 atom stereocenters. The molecule has 2 fully saturated rings. The maximum atomic E-state index is 12.7. The van der Waals surface area contributed by atoms with Gasteiger partial charge in [-0.25, -0.2) is 0 Å². The van der Waals surface area contributed by atoms with Crippen molar-refractivity contribution in [3.05, 3.63) is 11.6 Å². The molecule has 0 aromatic carbocycles. The summed E-state index contributed by atoms with van der Waals surface area (Å²) in [5.41, 5.74) is -0.196. The van der Waals surface area contributed by atoms with Gasteiger partial charge in [-0.15, -0.1) is 0 Å². The van der Waals surface area contributed by atoms with Crippen LogP contribution in [0.4, 0.5) is 0 Å². The van der Waals surface area contributed by atoms with Gasteiger partial charge >= 0.3 is 0 Å². The van der Waals surface area contributed by atoms with E-state index < -0.39 is 11.7 Å². The molecule has 23 heavy (non-hydrogen) atoms. The van der Waals surface area contributed by atoms with Gasteiger partial charge in [-0.05, 0) is 54.4 Å². The maximum Gasteiger partial charge on any atom is 0.159 e. The van der Waals surface area contributed by atoms with Crippen LogP contribution in [-0.4, -0.2) is 27.7 Å². The van der Waals surface area contributed by atoms with E-state index in [0.29, 0.717) is 31.1 Å². The molecule has 0 aromatic heterocycles. The molecule has 3 aliphatic rings. The molecule has 3 heteroatoms. The zero-order valence-electron chi connectivity index (χ0n) is 15.2. The lowest BCUT2D eigenvalue weighted by Crippen LogP contribution is -2.51. The van der Waals surface area contributed by atoms with Crippen LogP contribution in [0.3, 0.4) is 0 Å². The topological polar surface area (TPSA) is 57.5 Å². The van der Waals surface area contributed by atoms with Gasteiger partial charge in [0.2, 0.25) is 0 Å². The average molecular weight is 320 g/mol. The quantitative estimate of drug-likeness (QED) is 0.777. The molecule has 0 aromatic rings. The summed E-state index contributed by atoms with van der Waals surface area (Å²) in [6.07, 6.45) is 5.36. The highest BCUT2D eigenvalue weighted by atomic mass is 16.3. The normalized spacial score (nSPS) is 50.3. The van der Waals surface area contributed by atoms with Gasteiger partial charge in [-0.3, -0.25) is 4.79 Å². The smallest absolute Gasteiger partial charge is 0.159 e. The maximum absolute atomic E-state index is 12.7. The number of hydrogen-bond acceptors (Lipinski definition) is 3. The Morgan fingerprint density at radius 1 is 1.17 bits per heavy atom. The van der Waals surface area contributed by atoms with E-state index in [9.17, 15) is 15.0 Å². The number of carbonyl (C=O) groups excluding carboxylic acids is 1. The third-order valence-electron chi connectivity index (χ3n) is 7.26. The van der Waals surface area contributed by atoms with Crippen LogP contribution in [0.5, 0.6) is 0 Å². The fourth-order valence-electron chi connectivity index (χ4n) is 6.07. The fraction of sp³-hybridized carbons (Fsp3) is 0.850. The predicted octanol–water partition coefficient (Wildman–Crippen LogP) is 3.49. The molecule has 0 amide bonds. The molecule has 3 rings (SSSR count).